The molecule has 1 aliphatic carbocycles. The van der Waals surface area contributed by atoms with Gasteiger partial charge in [-0.2, -0.15) is 0 Å². The van der Waals surface area contributed by atoms with Gasteiger partial charge >= 0.3 is 0 Å². The second-order valence-corrected chi connectivity index (χ2v) is 9.47. The molecule has 1 saturated carbocycles. The fourth-order valence-corrected chi connectivity index (χ4v) is 5.97. The van der Waals surface area contributed by atoms with Crippen LogP contribution in [0.15, 0.2) is 36.4 Å². The van der Waals surface area contributed by atoms with Crippen molar-refractivity contribution in [3.05, 3.63) is 42.0 Å². The first-order valence-corrected chi connectivity index (χ1v) is 11.0. The van der Waals surface area contributed by atoms with Gasteiger partial charge in [-0.3, -0.25) is 9.59 Å². The molecule has 1 spiro atoms. The summed E-state index contributed by atoms with van der Waals surface area (Å²) in [6.07, 6.45) is 7.58. The Morgan fingerprint density at radius 2 is 2.07 bits per heavy atom. The van der Waals surface area contributed by atoms with Crippen LogP contribution in [0.5, 0.6) is 5.75 Å². The first-order chi connectivity index (χ1) is 14.4. The molecule has 1 N–H and O–H groups in total. The monoisotopic (exact) mass is 410 g/mol. The highest BCUT2D eigenvalue weighted by Gasteiger charge is 2.67. The third-order valence-corrected chi connectivity index (χ3v) is 7.50. The lowest BCUT2D eigenvalue weighted by Crippen LogP contribution is -2.51. The third kappa shape index (κ3) is 2.73. The summed E-state index contributed by atoms with van der Waals surface area (Å²) in [5, 5.41) is 3.38. The Hall–Kier alpha value is -2.34. The molecule has 0 radical (unpaired) electrons. The zero-order valence-electron chi connectivity index (χ0n) is 17.9. The molecule has 4 atom stereocenters. The van der Waals surface area contributed by atoms with E-state index in [4.69, 9.17) is 9.47 Å². The van der Waals surface area contributed by atoms with Gasteiger partial charge in [-0.25, -0.2) is 0 Å². The smallest absolute Gasteiger partial charge is 0.230 e. The summed E-state index contributed by atoms with van der Waals surface area (Å²) >= 11 is 0. The average Bonchev–Trinajstić information content (AvgIpc) is 3.49. The summed E-state index contributed by atoms with van der Waals surface area (Å²) in [4.78, 5) is 28.7. The molecule has 3 heterocycles. The number of likely N-dealkylation sites (tertiary alicyclic amines) is 1. The summed E-state index contributed by atoms with van der Waals surface area (Å²) < 4.78 is 11.7. The molecule has 1 aromatic carbocycles. The van der Waals surface area contributed by atoms with E-state index in [9.17, 15) is 9.59 Å². The number of hydrogen-bond acceptors (Lipinski definition) is 4. The highest BCUT2D eigenvalue weighted by atomic mass is 16.5. The number of rotatable bonds is 5. The lowest BCUT2D eigenvalue weighted by Gasteiger charge is -2.34. The van der Waals surface area contributed by atoms with Gasteiger partial charge < -0.3 is 19.7 Å². The number of fused-ring (bicyclic) bond motifs is 1. The molecule has 3 fully saturated rings. The summed E-state index contributed by atoms with van der Waals surface area (Å²) in [5.41, 5.74) is 0.0138. The summed E-state index contributed by atoms with van der Waals surface area (Å²) in [5.74, 6) is -0.150. The molecule has 5 rings (SSSR count). The number of nitrogens with one attached hydrogen (secondary N) is 1. The lowest BCUT2D eigenvalue weighted by atomic mass is 9.76. The normalized spacial score (nSPS) is 33.4. The third-order valence-electron chi connectivity index (χ3n) is 7.50. The van der Waals surface area contributed by atoms with Crippen LogP contribution in [0.3, 0.4) is 0 Å². The van der Waals surface area contributed by atoms with E-state index in [1.165, 1.54) is 0 Å². The van der Waals surface area contributed by atoms with Crippen molar-refractivity contribution in [1.82, 2.24) is 10.2 Å². The number of methoxy groups -OCH3 is 1. The van der Waals surface area contributed by atoms with Gasteiger partial charge in [0.05, 0.1) is 37.1 Å². The number of carbonyl (C=O) groups is 2. The van der Waals surface area contributed by atoms with Crippen LogP contribution in [0.2, 0.25) is 0 Å². The summed E-state index contributed by atoms with van der Waals surface area (Å²) in [6, 6.07) is 8.07. The molecule has 0 unspecified atom stereocenters. The molecule has 1 aromatic rings. The number of nitrogens with zero attached hydrogens (tertiary/aromatic N) is 1. The van der Waals surface area contributed by atoms with E-state index >= 15 is 0 Å². The van der Waals surface area contributed by atoms with Crippen molar-refractivity contribution in [3.63, 3.8) is 0 Å². The number of ether oxygens (including phenoxy) is 2. The van der Waals surface area contributed by atoms with Gasteiger partial charge in [-0.05, 0) is 44.4 Å². The van der Waals surface area contributed by atoms with E-state index in [-0.39, 0.29) is 24.0 Å². The van der Waals surface area contributed by atoms with E-state index in [1.807, 2.05) is 49.1 Å². The average molecular weight is 411 g/mol. The molecule has 2 amide bonds. The quantitative estimate of drug-likeness (QED) is 0.758. The van der Waals surface area contributed by atoms with Gasteiger partial charge in [0, 0.05) is 6.04 Å². The number of amides is 2. The number of hydrogen-bond donors (Lipinski definition) is 1. The zero-order valence-corrected chi connectivity index (χ0v) is 17.9. The Bertz CT molecular complexity index is 904. The van der Waals surface area contributed by atoms with Crippen LogP contribution in [-0.4, -0.2) is 48.1 Å². The van der Waals surface area contributed by atoms with E-state index in [0.29, 0.717) is 6.54 Å². The van der Waals surface area contributed by atoms with Gasteiger partial charge in [-0.15, -0.1) is 0 Å². The molecule has 4 aliphatic rings. The van der Waals surface area contributed by atoms with Gasteiger partial charge in [0.25, 0.3) is 0 Å². The SMILES string of the molecule is COc1cccc(C2(NC(=O)[C@H]3[C@H]4C=C[C@@]5(CN(C(C)C)C(=O)[C@@H]35)O4)CCCC2)c1. The van der Waals surface area contributed by atoms with Gasteiger partial charge in [-0.1, -0.05) is 37.1 Å². The first-order valence-electron chi connectivity index (χ1n) is 11.0. The fourth-order valence-electron chi connectivity index (χ4n) is 5.97. The second kappa shape index (κ2) is 6.84. The first kappa shape index (κ1) is 19.6. The van der Waals surface area contributed by atoms with Gasteiger partial charge in [0.2, 0.25) is 11.8 Å². The Kier molecular flexibility index (Phi) is 4.47. The molecule has 0 aromatic heterocycles. The zero-order chi connectivity index (χ0) is 21.1. The van der Waals surface area contributed by atoms with Crippen LogP contribution in [0.25, 0.3) is 0 Å². The van der Waals surface area contributed by atoms with Crippen LogP contribution < -0.4 is 10.1 Å². The Balaban J connectivity index is 1.44. The van der Waals surface area contributed by atoms with Crippen LogP contribution in [0.4, 0.5) is 0 Å². The molecule has 2 bridgehead atoms. The predicted octanol–water partition coefficient (Wildman–Crippen LogP) is 2.77. The molecule has 6 heteroatoms. The largest absolute Gasteiger partial charge is 0.497 e. The molecule has 6 nitrogen and oxygen atoms in total. The van der Waals surface area contributed by atoms with E-state index in [2.05, 4.69) is 11.4 Å². The van der Waals surface area contributed by atoms with Crippen LogP contribution >= 0.6 is 0 Å². The Labute approximate surface area is 177 Å². The van der Waals surface area contributed by atoms with Gasteiger partial charge in [0.15, 0.2) is 0 Å². The van der Waals surface area contributed by atoms with Crippen molar-refractivity contribution >= 4 is 11.8 Å². The van der Waals surface area contributed by atoms with Crippen molar-refractivity contribution in [2.75, 3.05) is 13.7 Å². The standard InChI is InChI=1S/C24H30N2O4/c1-15(2)26-14-24-12-9-18(30-24)19(20(24)22(26)28)21(27)25-23(10-4-5-11-23)16-7-6-8-17(13-16)29-3/h6-9,12-13,15,18-20H,4-5,10-11,14H2,1-3H3,(H,25,27)/t18-,19+,20-,24+/m1/s1. The van der Waals surface area contributed by atoms with E-state index < -0.39 is 23.0 Å². The minimum absolute atomic E-state index is 0.0406. The van der Waals surface area contributed by atoms with Crippen LogP contribution in [0.1, 0.15) is 45.1 Å². The van der Waals surface area contributed by atoms with E-state index in [0.717, 1.165) is 37.0 Å². The number of carbonyl (C=O) groups excluding carboxylic acids is 2. The maximum absolute atomic E-state index is 13.7. The molecular formula is C24H30N2O4. The Morgan fingerprint density at radius 3 is 2.77 bits per heavy atom. The van der Waals surface area contributed by atoms with Crippen molar-refractivity contribution in [2.45, 2.75) is 62.8 Å². The minimum atomic E-state index is -0.646. The highest BCUT2D eigenvalue weighted by Crippen LogP contribution is 2.52. The molecule has 2 saturated heterocycles. The Morgan fingerprint density at radius 1 is 1.30 bits per heavy atom. The fraction of sp³-hybridized carbons (Fsp3) is 0.583. The topological polar surface area (TPSA) is 67.9 Å². The van der Waals surface area contributed by atoms with Crippen molar-refractivity contribution in [3.8, 4) is 5.75 Å². The van der Waals surface area contributed by atoms with Gasteiger partial charge in [0.1, 0.15) is 11.4 Å². The molecule has 160 valence electrons. The van der Waals surface area contributed by atoms with Crippen molar-refractivity contribution in [1.29, 1.82) is 0 Å². The second-order valence-electron chi connectivity index (χ2n) is 9.47. The van der Waals surface area contributed by atoms with Crippen molar-refractivity contribution in [2.24, 2.45) is 11.8 Å². The predicted molar refractivity (Wildman–Crippen MR) is 112 cm³/mol. The van der Waals surface area contributed by atoms with Crippen LogP contribution in [0, 0.1) is 11.8 Å². The highest BCUT2D eigenvalue weighted by molar-refractivity contribution is 5.93. The molecule has 3 aliphatic heterocycles. The maximum Gasteiger partial charge on any atom is 0.230 e. The van der Waals surface area contributed by atoms with E-state index in [1.54, 1.807) is 7.11 Å². The summed E-state index contributed by atoms with van der Waals surface area (Å²) in [7, 11) is 1.66. The van der Waals surface area contributed by atoms with Crippen LogP contribution in [-0.2, 0) is 19.9 Å². The van der Waals surface area contributed by atoms with Crippen molar-refractivity contribution < 1.29 is 19.1 Å². The number of benzene rings is 1. The lowest BCUT2D eigenvalue weighted by molar-refractivity contribution is -0.139. The molecule has 30 heavy (non-hydrogen) atoms. The maximum atomic E-state index is 13.7. The molecular weight excluding hydrogens is 380 g/mol. The minimum Gasteiger partial charge on any atom is -0.497 e. The summed E-state index contributed by atoms with van der Waals surface area (Å²) in [6.45, 7) is 4.56.